The molecule has 2 rings (SSSR count). The van der Waals surface area contributed by atoms with Crippen LogP contribution in [0.3, 0.4) is 0 Å². The van der Waals surface area contributed by atoms with E-state index in [9.17, 15) is 9.90 Å². The van der Waals surface area contributed by atoms with Crippen LogP contribution in [0.5, 0.6) is 5.75 Å². The summed E-state index contributed by atoms with van der Waals surface area (Å²) in [6, 6.07) is 6.51. The van der Waals surface area contributed by atoms with Gasteiger partial charge in [-0.3, -0.25) is 0 Å². The van der Waals surface area contributed by atoms with E-state index in [-0.39, 0.29) is 11.7 Å². The van der Waals surface area contributed by atoms with E-state index in [1.807, 2.05) is 15.3 Å². The van der Waals surface area contributed by atoms with Gasteiger partial charge < -0.3 is 0 Å². The van der Waals surface area contributed by atoms with E-state index >= 15 is 0 Å². The molecular formula is C10H9InN2O2. The van der Waals surface area contributed by atoms with Gasteiger partial charge in [0.05, 0.1) is 0 Å². The molecule has 0 saturated heterocycles. The van der Waals surface area contributed by atoms with Crippen molar-refractivity contribution in [1.29, 1.82) is 0 Å². The molecule has 0 unspecified atom stereocenters. The zero-order valence-electron chi connectivity index (χ0n) is 7.92. The molecule has 2 N–H and O–H groups in total. The number of rotatable bonds is 2. The Labute approximate surface area is 98.4 Å². The summed E-state index contributed by atoms with van der Waals surface area (Å²) < 4.78 is 3.95. The van der Waals surface area contributed by atoms with Crippen molar-refractivity contribution < 1.29 is 9.90 Å². The standard InChI is InChI=1S/C10H9N2O2.In/c1-2-7-11-12-10(14)8-5-3-4-6-9(8)13;/h1-7H,(H2,12,13,14);/q-1;+1. The number of nitrogens with zero attached hydrogens (tertiary/aromatic N) is 1. The van der Waals surface area contributed by atoms with E-state index in [0.29, 0.717) is 5.56 Å². The Morgan fingerprint density at radius 1 is 1.40 bits per heavy atom. The van der Waals surface area contributed by atoms with Crippen molar-refractivity contribution in [2.24, 2.45) is 0 Å². The predicted octanol–water partition coefficient (Wildman–Crippen LogP) is 0.288. The number of carbonyl (C=O) groups excluding carboxylic acids is 1. The minimum atomic E-state index is -0.950. The zero-order valence-corrected chi connectivity index (χ0v) is 11.2. The number of phenolic OH excluding ortho intramolecular Hbond substituents is 1. The Hall–Kier alpha value is -1.23. The number of phenols is 1. The number of hydrogen-bond donors (Lipinski definition) is 2. The molecule has 0 aliphatic carbocycles. The summed E-state index contributed by atoms with van der Waals surface area (Å²) in [6.45, 7) is 0. The normalized spacial score (nSPS) is 12.7. The van der Waals surface area contributed by atoms with Crippen LogP contribution in [0.15, 0.2) is 36.5 Å². The Morgan fingerprint density at radius 2 is 2.20 bits per heavy atom. The molecule has 74 valence electrons. The van der Waals surface area contributed by atoms with Crippen LogP contribution in [0.1, 0.15) is 10.4 Å². The van der Waals surface area contributed by atoms with Crippen LogP contribution in [-0.2, 0) is 0 Å². The Kier molecular flexibility index (Phi) is 3.11. The second-order valence-corrected chi connectivity index (χ2v) is 6.59. The molecule has 1 amide bonds. The molecule has 0 saturated carbocycles. The Morgan fingerprint density at radius 3 is 2.87 bits per heavy atom. The van der Waals surface area contributed by atoms with Gasteiger partial charge in [-0.2, -0.15) is 0 Å². The summed E-state index contributed by atoms with van der Waals surface area (Å²) in [6.07, 6.45) is 3.78. The summed E-state index contributed by atoms with van der Waals surface area (Å²) in [7, 11) is 0. The number of hydrazine groups is 1. The van der Waals surface area contributed by atoms with E-state index < -0.39 is 22.7 Å². The molecule has 0 aromatic heterocycles. The minimum absolute atomic E-state index is 0.00922. The van der Waals surface area contributed by atoms with Crippen molar-refractivity contribution in [2.75, 3.05) is 0 Å². The van der Waals surface area contributed by atoms with Gasteiger partial charge in [0.1, 0.15) is 0 Å². The number of nitrogens with one attached hydrogen (secondary N) is 1. The molecule has 1 aromatic rings. The number of aromatic hydroxyl groups is 1. The zero-order chi connectivity index (χ0) is 10.7. The third-order valence-electron chi connectivity index (χ3n) is 1.98. The van der Waals surface area contributed by atoms with Gasteiger partial charge >= 0.3 is 98.6 Å². The molecule has 1 aromatic carbocycles. The fourth-order valence-corrected chi connectivity index (χ4v) is 3.46. The SMILES string of the molecule is O=C(N[N]1C=C[CH]=[In]1)c1ccccc1O. The average molecular weight is 304 g/mol. The van der Waals surface area contributed by atoms with Crippen LogP contribution < -0.4 is 5.43 Å². The Balaban J connectivity index is 2.11. The van der Waals surface area contributed by atoms with Gasteiger partial charge in [-0.1, -0.05) is 0 Å². The van der Waals surface area contributed by atoms with Crippen molar-refractivity contribution in [3.05, 3.63) is 42.1 Å². The van der Waals surface area contributed by atoms with Gasteiger partial charge in [0, 0.05) is 0 Å². The fourth-order valence-electron chi connectivity index (χ4n) is 1.25. The molecule has 1 aliphatic rings. The van der Waals surface area contributed by atoms with Crippen LogP contribution >= 0.6 is 0 Å². The van der Waals surface area contributed by atoms with Gasteiger partial charge in [-0.05, 0) is 0 Å². The number of allylic oxidation sites excluding steroid dienone is 1. The summed E-state index contributed by atoms with van der Waals surface area (Å²) >= 11 is -0.950. The first kappa shape index (κ1) is 10.3. The molecule has 5 heteroatoms. The van der Waals surface area contributed by atoms with E-state index in [2.05, 4.69) is 9.18 Å². The first-order valence-corrected chi connectivity index (χ1v) is 7.87. The molecule has 15 heavy (non-hydrogen) atoms. The summed E-state index contributed by atoms with van der Waals surface area (Å²) in [5.74, 6) is -0.255. The number of para-hydroxylation sites is 1. The summed E-state index contributed by atoms with van der Waals surface area (Å²) in [4.78, 5) is 11.7. The van der Waals surface area contributed by atoms with Crippen molar-refractivity contribution in [3.63, 3.8) is 0 Å². The number of carbonyl (C=O) groups is 1. The Bertz CT molecular complexity index is 431. The predicted molar refractivity (Wildman–Crippen MR) is 58.4 cm³/mol. The summed E-state index contributed by atoms with van der Waals surface area (Å²) in [5, 5.41) is 9.47. The monoisotopic (exact) mass is 304 g/mol. The third kappa shape index (κ3) is 2.41. The van der Waals surface area contributed by atoms with Gasteiger partial charge in [0.15, 0.2) is 0 Å². The molecule has 1 aliphatic heterocycles. The molecule has 0 radical (unpaired) electrons. The van der Waals surface area contributed by atoms with Crippen LogP contribution in [0.4, 0.5) is 0 Å². The van der Waals surface area contributed by atoms with Gasteiger partial charge in [-0.15, -0.1) is 0 Å². The molecule has 0 bridgehead atoms. The van der Waals surface area contributed by atoms with E-state index in [1.54, 1.807) is 18.2 Å². The molecule has 0 atom stereocenters. The molecule has 4 nitrogen and oxygen atoms in total. The van der Waals surface area contributed by atoms with Crippen molar-refractivity contribution in [1.82, 2.24) is 8.42 Å². The second kappa shape index (κ2) is 4.53. The number of hydrogen-bond acceptors (Lipinski definition) is 3. The molecule has 0 fully saturated rings. The molecule has 0 spiro atoms. The fraction of sp³-hybridized carbons (Fsp3) is 0. The topological polar surface area (TPSA) is 52.6 Å². The first-order chi connectivity index (χ1) is 7.27. The quantitative estimate of drug-likeness (QED) is 0.826. The molecular weight excluding hydrogens is 295 g/mol. The maximum atomic E-state index is 11.7. The van der Waals surface area contributed by atoms with Crippen LogP contribution in [0.2, 0.25) is 0 Å². The van der Waals surface area contributed by atoms with Crippen molar-refractivity contribution in [2.45, 2.75) is 0 Å². The second-order valence-electron chi connectivity index (χ2n) is 3.05. The molecule has 1 heterocycles. The van der Waals surface area contributed by atoms with E-state index in [1.165, 1.54) is 6.07 Å². The van der Waals surface area contributed by atoms with Gasteiger partial charge in [-0.25, -0.2) is 0 Å². The van der Waals surface area contributed by atoms with Crippen LogP contribution in [0.25, 0.3) is 0 Å². The number of benzene rings is 1. The van der Waals surface area contributed by atoms with Gasteiger partial charge in [0.2, 0.25) is 0 Å². The van der Waals surface area contributed by atoms with E-state index in [0.717, 1.165) is 0 Å². The maximum absolute atomic E-state index is 11.7. The third-order valence-corrected chi connectivity index (χ3v) is 4.89. The van der Waals surface area contributed by atoms with Crippen LogP contribution in [0, 0.1) is 0 Å². The van der Waals surface area contributed by atoms with Crippen LogP contribution in [-0.4, -0.2) is 40.5 Å². The summed E-state index contributed by atoms with van der Waals surface area (Å²) in [5.41, 5.74) is 3.04. The average Bonchev–Trinajstić information content (AvgIpc) is 2.71. The van der Waals surface area contributed by atoms with Crippen molar-refractivity contribution >= 4 is 32.4 Å². The van der Waals surface area contributed by atoms with Crippen molar-refractivity contribution in [3.8, 4) is 5.75 Å². The van der Waals surface area contributed by atoms with E-state index in [4.69, 9.17) is 0 Å². The number of amides is 1. The van der Waals surface area contributed by atoms with Gasteiger partial charge in [0.25, 0.3) is 0 Å². The first-order valence-electron chi connectivity index (χ1n) is 4.50.